The number of aromatic nitrogens is 2. The number of rotatable bonds is 5. The molecule has 1 atom stereocenters. The second-order valence-electron chi connectivity index (χ2n) is 7.16. The minimum absolute atomic E-state index is 0.166. The molecule has 1 amide bonds. The molecule has 1 unspecified atom stereocenters. The number of benzene rings is 1. The van der Waals surface area contributed by atoms with Crippen molar-refractivity contribution in [1.29, 1.82) is 0 Å². The monoisotopic (exact) mass is 397 g/mol. The molecule has 146 valence electrons. The lowest BCUT2D eigenvalue weighted by molar-refractivity contribution is -0.120. The van der Waals surface area contributed by atoms with Crippen molar-refractivity contribution in [2.75, 3.05) is 7.11 Å². The molecule has 1 aliphatic carbocycles. The van der Waals surface area contributed by atoms with Gasteiger partial charge >= 0.3 is 0 Å². The van der Waals surface area contributed by atoms with Crippen molar-refractivity contribution in [2.45, 2.75) is 45.1 Å². The lowest BCUT2D eigenvalue weighted by Gasteiger charge is -2.18. The Bertz CT molecular complexity index is 1120. The van der Waals surface area contributed by atoms with Crippen molar-refractivity contribution in [1.82, 2.24) is 9.55 Å². The molecule has 0 bridgehead atoms. The van der Waals surface area contributed by atoms with E-state index in [1.165, 1.54) is 9.44 Å². The number of nitrogens with two attached hydrogens (primary N) is 1. The fraction of sp³-hybridized carbons (Fsp3) is 0.381. The highest BCUT2D eigenvalue weighted by Gasteiger charge is 2.25. The second-order valence-corrected chi connectivity index (χ2v) is 8.24. The van der Waals surface area contributed by atoms with Crippen LogP contribution in [0.2, 0.25) is 0 Å². The molecule has 4 rings (SSSR count). The van der Waals surface area contributed by atoms with Gasteiger partial charge in [0.2, 0.25) is 5.91 Å². The van der Waals surface area contributed by atoms with Crippen molar-refractivity contribution in [3.05, 3.63) is 56.4 Å². The summed E-state index contributed by atoms with van der Waals surface area (Å²) in [6.45, 7) is 1.65. The highest BCUT2D eigenvalue weighted by atomic mass is 32.1. The summed E-state index contributed by atoms with van der Waals surface area (Å²) >= 11 is 1.61. The zero-order chi connectivity index (χ0) is 19.8. The van der Waals surface area contributed by atoms with E-state index in [0.29, 0.717) is 17.6 Å². The minimum atomic E-state index is -0.770. The van der Waals surface area contributed by atoms with Crippen LogP contribution in [0.25, 0.3) is 10.2 Å². The van der Waals surface area contributed by atoms with Crippen molar-refractivity contribution >= 4 is 27.5 Å². The number of thiophene rings is 1. The quantitative estimate of drug-likeness (QED) is 0.717. The predicted molar refractivity (Wildman–Crippen MR) is 110 cm³/mol. The number of methoxy groups -OCH3 is 1. The molecule has 2 N–H and O–H groups in total. The lowest BCUT2D eigenvalue weighted by atomic mass is 9.97. The van der Waals surface area contributed by atoms with Gasteiger partial charge in [0.15, 0.2) is 0 Å². The van der Waals surface area contributed by atoms with Crippen LogP contribution in [0.4, 0.5) is 0 Å². The first-order valence-corrected chi connectivity index (χ1v) is 10.3. The van der Waals surface area contributed by atoms with E-state index in [9.17, 15) is 9.59 Å². The Hall–Kier alpha value is -2.67. The normalized spacial score (nSPS) is 14.6. The predicted octanol–water partition coefficient (Wildman–Crippen LogP) is 2.98. The summed E-state index contributed by atoms with van der Waals surface area (Å²) in [6, 6.07) is 6.85. The molecule has 0 aliphatic heterocycles. The molecule has 6 nitrogen and oxygen atoms in total. The highest BCUT2D eigenvalue weighted by molar-refractivity contribution is 7.18. The molecule has 2 aromatic heterocycles. The molecule has 0 fully saturated rings. The number of ether oxygens (including phenoxy) is 1. The van der Waals surface area contributed by atoms with E-state index in [4.69, 9.17) is 15.5 Å². The molecule has 0 saturated carbocycles. The van der Waals surface area contributed by atoms with E-state index >= 15 is 0 Å². The molecule has 1 aromatic carbocycles. The van der Waals surface area contributed by atoms with E-state index < -0.39 is 11.9 Å². The molecule has 28 heavy (non-hydrogen) atoms. The van der Waals surface area contributed by atoms with Crippen LogP contribution in [-0.2, 0) is 24.1 Å². The van der Waals surface area contributed by atoms with Crippen LogP contribution in [0.15, 0.2) is 29.1 Å². The van der Waals surface area contributed by atoms with E-state index in [1.807, 2.05) is 24.3 Å². The second kappa shape index (κ2) is 7.39. The van der Waals surface area contributed by atoms with Crippen LogP contribution in [0.3, 0.4) is 0 Å². The third kappa shape index (κ3) is 3.09. The molecular formula is C21H23N3O3S. The summed E-state index contributed by atoms with van der Waals surface area (Å²) in [5.41, 5.74) is 7.41. The molecule has 0 radical (unpaired) electrons. The van der Waals surface area contributed by atoms with Crippen molar-refractivity contribution < 1.29 is 9.53 Å². The summed E-state index contributed by atoms with van der Waals surface area (Å²) in [4.78, 5) is 32.3. The molecule has 0 spiro atoms. The van der Waals surface area contributed by atoms with Gasteiger partial charge in [0.05, 0.1) is 12.5 Å². The number of primary amides is 1. The van der Waals surface area contributed by atoms with Gasteiger partial charge < -0.3 is 10.5 Å². The summed E-state index contributed by atoms with van der Waals surface area (Å²) in [5, 5.41) is 0.663. The maximum absolute atomic E-state index is 13.5. The Balaban J connectivity index is 1.95. The van der Waals surface area contributed by atoms with Gasteiger partial charge in [0, 0.05) is 16.9 Å². The van der Waals surface area contributed by atoms with E-state index in [-0.39, 0.29) is 5.56 Å². The Morgan fingerprint density at radius 2 is 2.07 bits per heavy atom. The van der Waals surface area contributed by atoms with Gasteiger partial charge in [-0.05, 0) is 44.2 Å². The average molecular weight is 398 g/mol. The summed E-state index contributed by atoms with van der Waals surface area (Å²) < 4.78 is 6.92. The van der Waals surface area contributed by atoms with E-state index in [0.717, 1.165) is 47.4 Å². The van der Waals surface area contributed by atoms with Gasteiger partial charge in [0.1, 0.15) is 22.4 Å². The SMILES string of the molecule is COc1ccccc1Cc1nc2sc3c(c2c(=O)n1C(C)C(N)=O)CCCC3. The van der Waals surface area contributed by atoms with Gasteiger partial charge in [0.25, 0.3) is 5.56 Å². The van der Waals surface area contributed by atoms with Gasteiger partial charge in [-0.3, -0.25) is 14.2 Å². The number of hydrogen-bond acceptors (Lipinski definition) is 5. The molecule has 2 heterocycles. The Labute approximate surface area is 167 Å². The van der Waals surface area contributed by atoms with Crippen LogP contribution in [-0.4, -0.2) is 22.6 Å². The number of carbonyl (C=O) groups is 1. The zero-order valence-electron chi connectivity index (χ0n) is 16.0. The average Bonchev–Trinajstić information content (AvgIpc) is 3.06. The van der Waals surface area contributed by atoms with Gasteiger partial charge in [-0.2, -0.15) is 0 Å². The number of carbonyl (C=O) groups excluding carboxylic acids is 1. The third-order valence-corrected chi connectivity index (χ3v) is 6.62. The fourth-order valence-corrected chi connectivity index (χ4v) is 5.20. The number of nitrogens with zero attached hydrogens (tertiary/aromatic N) is 2. The molecule has 3 aromatic rings. The van der Waals surface area contributed by atoms with Crippen molar-refractivity contribution in [3.8, 4) is 5.75 Å². The van der Waals surface area contributed by atoms with Crippen LogP contribution in [0, 0.1) is 0 Å². The number of aryl methyl sites for hydroxylation is 2. The lowest BCUT2D eigenvalue weighted by Crippen LogP contribution is -2.35. The number of fused-ring (bicyclic) bond motifs is 3. The Morgan fingerprint density at radius 1 is 1.32 bits per heavy atom. The first-order chi connectivity index (χ1) is 13.5. The van der Waals surface area contributed by atoms with Crippen LogP contribution in [0.5, 0.6) is 5.75 Å². The Morgan fingerprint density at radius 3 is 2.82 bits per heavy atom. The van der Waals surface area contributed by atoms with Gasteiger partial charge in [-0.1, -0.05) is 18.2 Å². The molecule has 7 heteroatoms. The zero-order valence-corrected chi connectivity index (χ0v) is 16.8. The standard InChI is InChI=1S/C21H23N3O3S/c1-12(19(22)25)24-17(11-13-7-3-5-9-15(13)27-2)23-20-18(21(24)26)14-8-4-6-10-16(14)28-20/h3,5,7,9,12H,4,6,8,10-11H2,1-2H3,(H2,22,25). The summed E-state index contributed by atoms with van der Waals surface area (Å²) in [5.74, 6) is 0.709. The molecular weight excluding hydrogens is 374 g/mol. The number of para-hydroxylation sites is 1. The number of hydrogen-bond donors (Lipinski definition) is 1. The molecule has 0 saturated heterocycles. The maximum Gasteiger partial charge on any atom is 0.263 e. The maximum atomic E-state index is 13.5. The van der Waals surface area contributed by atoms with E-state index in [1.54, 1.807) is 25.4 Å². The van der Waals surface area contributed by atoms with Crippen molar-refractivity contribution in [2.24, 2.45) is 5.73 Å². The van der Waals surface area contributed by atoms with E-state index in [2.05, 4.69) is 0 Å². The van der Waals surface area contributed by atoms with Crippen molar-refractivity contribution in [3.63, 3.8) is 0 Å². The first kappa shape index (κ1) is 18.7. The first-order valence-electron chi connectivity index (χ1n) is 9.48. The fourth-order valence-electron chi connectivity index (χ4n) is 3.93. The Kier molecular flexibility index (Phi) is 4.93. The van der Waals surface area contributed by atoms with Crippen LogP contribution >= 0.6 is 11.3 Å². The summed E-state index contributed by atoms with van der Waals surface area (Å²) in [6.07, 6.45) is 4.48. The van der Waals surface area contributed by atoms with Crippen LogP contribution < -0.4 is 16.0 Å². The largest absolute Gasteiger partial charge is 0.496 e. The van der Waals surface area contributed by atoms with Crippen LogP contribution in [0.1, 0.15) is 47.6 Å². The molecule has 1 aliphatic rings. The highest BCUT2D eigenvalue weighted by Crippen LogP contribution is 2.34. The van der Waals surface area contributed by atoms with Gasteiger partial charge in [-0.15, -0.1) is 11.3 Å². The summed E-state index contributed by atoms with van der Waals surface area (Å²) in [7, 11) is 1.61. The smallest absolute Gasteiger partial charge is 0.263 e. The van der Waals surface area contributed by atoms with Gasteiger partial charge in [-0.25, -0.2) is 4.98 Å². The number of amides is 1. The minimum Gasteiger partial charge on any atom is -0.496 e. The topological polar surface area (TPSA) is 87.2 Å². The third-order valence-electron chi connectivity index (χ3n) is 5.43.